The molecule has 0 saturated carbocycles. The maximum absolute atomic E-state index is 11.7. The van der Waals surface area contributed by atoms with Crippen molar-refractivity contribution in [1.29, 1.82) is 0 Å². The quantitative estimate of drug-likeness (QED) is 0.478. The SMILES string of the molecule is FCCCNCCC1=CCCC1. The van der Waals surface area contributed by atoms with E-state index in [0.717, 1.165) is 19.5 Å². The van der Waals surface area contributed by atoms with E-state index in [0.29, 0.717) is 6.42 Å². The van der Waals surface area contributed by atoms with E-state index in [-0.39, 0.29) is 6.67 Å². The van der Waals surface area contributed by atoms with Crippen molar-refractivity contribution in [3.8, 4) is 0 Å². The van der Waals surface area contributed by atoms with Crippen molar-refractivity contribution in [3.05, 3.63) is 11.6 Å². The van der Waals surface area contributed by atoms with E-state index in [1.165, 1.54) is 19.3 Å². The summed E-state index contributed by atoms with van der Waals surface area (Å²) < 4.78 is 11.7. The summed E-state index contributed by atoms with van der Waals surface area (Å²) in [6, 6.07) is 0. The Bertz CT molecular complexity index is 143. The zero-order valence-corrected chi connectivity index (χ0v) is 7.61. The topological polar surface area (TPSA) is 12.0 Å². The van der Waals surface area contributed by atoms with Crippen molar-refractivity contribution in [1.82, 2.24) is 5.32 Å². The molecule has 0 aliphatic heterocycles. The highest BCUT2D eigenvalue weighted by Crippen LogP contribution is 2.19. The fourth-order valence-electron chi connectivity index (χ4n) is 1.53. The number of hydrogen-bond acceptors (Lipinski definition) is 1. The molecule has 0 atom stereocenters. The molecule has 0 spiro atoms. The molecule has 2 heteroatoms. The molecule has 12 heavy (non-hydrogen) atoms. The van der Waals surface area contributed by atoms with Gasteiger partial charge in [0.1, 0.15) is 0 Å². The first-order valence-corrected chi connectivity index (χ1v) is 4.88. The van der Waals surface area contributed by atoms with Gasteiger partial charge in [-0.1, -0.05) is 11.6 Å². The van der Waals surface area contributed by atoms with Crippen LogP contribution in [0.15, 0.2) is 11.6 Å². The van der Waals surface area contributed by atoms with E-state index in [1.807, 2.05) is 0 Å². The molecular weight excluding hydrogens is 153 g/mol. The van der Waals surface area contributed by atoms with Crippen LogP contribution < -0.4 is 5.32 Å². The van der Waals surface area contributed by atoms with Crippen molar-refractivity contribution in [3.63, 3.8) is 0 Å². The van der Waals surface area contributed by atoms with Gasteiger partial charge in [0.2, 0.25) is 0 Å². The minimum Gasteiger partial charge on any atom is -0.316 e. The molecule has 0 fully saturated rings. The average Bonchev–Trinajstić information content (AvgIpc) is 2.57. The third-order valence-corrected chi connectivity index (χ3v) is 2.25. The second-order valence-electron chi connectivity index (χ2n) is 3.30. The largest absolute Gasteiger partial charge is 0.316 e. The van der Waals surface area contributed by atoms with Gasteiger partial charge in [0.05, 0.1) is 6.67 Å². The van der Waals surface area contributed by atoms with Crippen LogP contribution in [0.1, 0.15) is 32.1 Å². The van der Waals surface area contributed by atoms with Gasteiger partial charge < -0.3 is 5.32 Å². The first-order valence-electron chi connectivity index (χ1n) is 4.88. The molecule has 0 saturated heterocycles. The molecule has 1 nitrogen and oxygen atoms in total. The molecular formula is C10H18FN. The summed E-state index contributed by atoms with van der Waals surface area (Å²) >= 11 is 0. The summed E-state index contributed by atoms with van der Waals surface area (Å²) in [4.78, 5) is 0. The average molecular weight is 171 g/mol. The monoisotopic (exact) mass is 171 g/mol. The number of nitrogens with one attached hydrogen (secondary N) is 1. The maximum atomic E-state index is 11.7. The minimum absolute atomic E-state index is 0.199. The highest BCUT2D eigenvalue weighted by molar-refractivity contribution is 5.07. The Hall–Kier alpha value is -0.370. The molecule has 0 bridgehead atoms. The third-order valence-electron chi connectivity index (χ3n) is 2.25. The summed E-state index contributed by atoms with van der Waals surface area (Å²) in [5.74, 6) is 0. The lowest BCUT2D eigenvalue weighted by molar-refractivity contribution is 0.460. The molecule has 0 unspecified atom stereocenters. The van der Waals surface area contributed by atoms with E-state index in [2.05, 4.69) is 11.4 Å². The molecule has 0 aromatic carbocycles. The Labute approximate surface area is 74.0 Å². The molecule has 0 aromatic rings. The summed E-state index contributed by atoms with van der Waals surface area (Å²) in [7, 11) is 0. The van der Waals surface area contributed by atoms with Crippen molar-refractivity contribution < 1.29 is 4.39 Å². The van der Waals surface area contributed by atoms with Crippen LogP contribution in [0.2, 0.25) is 0 Å². The Morgan fingerprint density at radius 3 is 3.00 bits per heavy atom. The number of allylic oxidation sites excluding steroid dienone is 1. The van der Waals surface area contributed by atoms with E-state index in [9.17, 15) is 4.39 Å². The molecule has 1 N–H and O–H groups in total. The van der Waals surface area contributed by atoms with Crippen LogP contribution in [0.5, 0.6) is 0 Å². The van der Waals surface area contributed by atoms with Crippen molar-refractivity contribution >= 4 is 0 Å². The number of alkyl halides is 1. The molecule has 0 aromatic heterocycles. The molecule has 0 amide bonds. The van der Waals surface area contributed by atoms with Crippen LogP contribution in [-0.4, -0.2) is 19.8 Å². The van der Waals surface area contributed by atoms with Crippen molar-refractivity contribution in [2.75, 3.05) is 19.8 Å². The van der Waals surface area contributed by atoms with Gasteiger partial charge in [0, 0.05) is 0 Å². The molecule has 70 valence electrons. The van der Waals surface area contributed by atoms with E-state index in [4.69, 9.17) is 0 Å². The van der Waals surface area contributed by atoms with Crippen LogP contribution >= 0.6 is 0 Å². The van der Waals surface area contributed by atoms with Crippen LogP contribution in [-0.2, 0) is 0 Å². The molecule has 1 aliphatic carbocycles. The summed E-state index contributed by atoms with van der Waals surface area (Å²) in [6.45, 7) is 1.64. The van der Waals surface area contributed by atoms with Crippen LogP contribution in [0.3, 0.4) is 0 Å². The molecule has 1 aliphatic rings. The van der Waals surface area contributed by atoms with E-state index < -0.39 is 0 Å². The van der Waals surface area contributed by atoms with Gasteiger partial charge in [-0.2, -0.15) is 0 Å². The van der Waals surface area contributed by atoms with Gasteiger partial charge in [-0.15, -0.1) is 0 Å². The van der Waals surface area contributed by atoms with Crippen LogP contribution in [0, 0.1) is 0 Å². The maximum Gasteiger partial charge on any atom is 0.0906 e. The minimum atomic E-state index is -0.199. The lowest BCUT2D eigenvalue weighted by atomic mass is 10.2. The number of halogens is 1. The Kier molecular flexibility index (Phi) is 5.00. The third kappa shape index (κ3) is 3.86. The fraction of sp³-hybridized carbons (Fsp3) is 0.800. The van der Waals surface area contributed by atoms with Crippen LogP contribution in [0.4, 0.5) is 4.39 Å². The number of rotatable bonds is 6. The standard InChI is InChI=1S/C10H18FN/c11-7-3-8-12-9-6-10-4-1-2-5-10/h4,12H,1-3,5-9H2. The smallest absolute Gasteiger partial charge is 0.0906 e. The fourth-order valence-corrected chi connectivity index (χ4v) is 1.53. The van der Waals surface area contributed by atoms with Gasteiger partial charge in [0.15, 0.2) is 0 Å². The predicted octanol–water partition coefficient (Wildman–Crippen LogP) is 2.44. The molecule has 0 radical (unpaired) electrons. The molecule has 0 heterocycles. The lowest BCUT2D eigenvalue weighted by Crippen LogP contribution is -2.17. The van der Waals surface area contributed by atoms with E-state index in [1.54, 1.807) is 5.57 Å². The van der Waals surface area contributed by atoms with E-state index >= 15 is 0 Å². The highest BCUT2D eigenvalue weighted by Gasteiger charge is 2.02. The van der Waals surface area contributed by atoms with Gasteiger partial charge in [0.25, 0.3) is 0 Å². The van der Waals surface area contributed by atoms with Gasteiger partial charge in [-0.3, -0.25) is 4.39 Å². The first kappa shape index (κ1) is 9.72. The summed E-state index contributed by atoms with van der Waals surface area (Å²) in [5, 5.41) is 3.23. The normalized spacial score (nSPS) is 16.6. The highest BCUT2D eigenvalue weighted by atomic mass is 19.1. The second kappa shape index (κ2) is 6.18. The van der Waals surface area contributed by atoms with Crippen LogP contribution in [0.25, 0.3) is 0 Å². The first-order chi connectivity index (χ1) is 5.93. The Balaban J connectivity index is 1.88. The zero-order chi connectivity index (χ0) is 8.65. The van der Waals surface area contributed by atoms with Crippen molar-refractivity contribution in [2.45, 2.75) is 32.1 Å². The Morgan fingerprint density at radius 1 is 1.42 bits per heavy atom. The number of hydrogen-bond donors (Lipinski definition) is 1. The van der Waals surface area contributed by atoms with Gasteiger partial charge >= 0.3 is 0 Å². The second-order valence-corrected chi connectivity index (χ2v) is 3.30. The predicted molar refractivity (Wildman–Crippen MR) is 50.0 cm³/mol. The van der Waals surface area contributed by atoms with Gasteiger partial charge in [-0.05, 0) is 45.2 Å². The lowest BCUT2D eigenvalue weighted by Gasteiger charge is -2.03. The van der Waals surface area contributed by atoms with Gasteiger partial charge in [-0.25, -0.2) is 0 Å². The summed E-state index contributed by atoms with van der Waals surface area (Å²) in [5.41, 5.74) is 1.59. The Morgan fingerprint density at radius 2 is 2.33 bits per heavy atom. The zero-order valence-electron chi connectivity index (χ0n) is 7.61. The summed E-state index contributed by atoms with van der Waals surface area (Å²) in [6.07, 6.45) is 8.03. The molecule has 1 rings (SSSR count). The van der Waals surface area contributed by atoms with Crippen molar-refractivity contribution in [2.24, 2.45) is 0 Å².